The minimum atomic E-state index is -0.542. The average Bonchev–Trinajstić information content (AvgIpc) is 3.09. The number of ether oxygens (including phenoxy) is 1. The predicted octanol–water partition coefficient (Wildman–Crippen LogP) is 0.657. The number of carbonyl (C=O) groups is 1. The lowest BCUT2D eigenvalue weighted by Crippen LogP contribution is -2.38. The molecule has 2 fully saturated rings. The van der Waals surface area contributed by atoms with Gasteiger partial charge in [-0.3, -0.25) is 9.78 Å². The average molecular weight is 319 g/mol. The van der Waals surface area contributed by atoms with Crippen molar-refractivity contribution < 1.29 is 9.53 Å². The van der Waals surface area contributed by atoms with Crippen molar-refractivity contribution in [3.63, 3.8) is 0 Å². The van der Waals surface area contributed by atoms with E-state index in [1.807, 2.05) is 0 Å². The van der Waals surface area contributed by atoms with E-state index in [0.717, 1.165) is 44.9 Å². The zero-order valence-corrected chi connectivity index (χ0v) is 13.5. The van der Waals surface area contributed by atoms with Crippen molar-refractivity contribution in [2.75, 3.05) is 44.2 Å². The zero-order chi connectivity index (χ0) is 16.1. The van der Waals surface area contributed by atoms with Crippen LogP contribution in [0.1, 0.15) is 36.2 Å². The van der Waals surface area contributed by atoms with Crippen molar-refractivity contribution in [3.8, 4) is 0 Å². The van der Waals surface area contributed by atoms with Gasteiger partial charge in [0.25, 0.3) is 5.91 Å². The van der Waals surface area contributed by atoms with Crippen LogP contribution >= 0.6 is 0 Å². The Kier molecular flexibility index (Phi) is 5.40. The minimum Gasteiger partial charge on any atom is -0.377 e. The number of rotatable bonds is 6. The number of amides is 1. The first-order valence-corrected chi connectivity index (χ1v) is 8.43. The van der Waals surface area contributed by atoms with Crippen LogP contribution in [0, 0.1) is 0 Å². The van der Waals surface area contributed by atoms with Crippen LogP contribution < -0.4 is 10.6 Å². The summed E-state index contributed by atoms with van der Waals surface area (Å²) in [5.41, 5.74) is 5.47. The van der Waals surface area contributed by atoms with Gasteiger partial charge in [-0.2, -0.15) is 0 Å². The fourth-order valence-corrected chi connectivity index (χ4v) is 3.23. The number of nitrogens with two attached hydrogens (primary N) is 1. The van der Waals surface area contributed by atoms with Crippen molar-refractivity contribution in [2.24, 2.45) is 5.73 Å². The summed E-state index contributed by atoms with van der Waals surface area (Å²) in [5.74, 6) is 0.177. The van der Waals surface area contributed by atoms with Crippen molar-refractivity contribution in [1.82, 2.24) is 14.9 Å². The fourth-order valence-electron chi connectivity index (χ4n) is 3.23. The van der Waals surface area contributed by atoms with Gasteiger partial charge in [0.2, 0.25) is 0 Å². The van der Waals surface area contributed by atoms with E-state index in [-0.39, 0.29) is 5.69 Å². The van der Waals surface area contributed by atoms with Crippen molar-refractivity contribution in [1.29, 1.82) is 0 Å². The highest BCUT2D eigenvalue weighted by Gasteiger charge is 2.22. The summed E-state index contributed by atoms with van der Waals surface area (Å²) in [6.45, 7) is 6.04. The van der Waals surface area contributed by atoms with E-state index in [2.05, 4.69) is 19.8 Å². The first kappa shape index (κ1) is 16.1. The summed E-state index contributed by atoms with van der Waals surface area (Å²) >= 11 is 0. The highest BCUT2D eigenvalue weighted by molar-refractivity contribution is 5.90. The Morgan fingerprint density at radius 3 is 2.65 bits per heavy atom. The van der Waals surface area contributed by atoms with Crippen LogP contribution in [0.5, 0.6) is 0 Å². The number of aromatic nitrogens is 2. The largest absolute Gasteiger partial charge is 0.377 e. The van der Waals surface area contributed by atoms with Crippen LogP contribution in [-0.2, 0) is 4.74 Å². The molecule has 1 aromatic rings. The number of nitrogens with zero attached hydrogens (tertiary/aromatic N) is 4. The van der Waals surface area contributed by atoms with Gasteiger partial charge in [-0.15, -0.1) is 0 Å². The molecule has 2 saturated heterocycles. The molecule has 0 radical (unpaired) electrons. The molecule has 1 aromatic heterocycles. The van der Waals surface area contributed by atoms with Crippen LogP contribution in [0.4, 0.5) is 5.82 Å². The molecule has 7 heteroatoms. The second-order valence-electron chi connectivity index (χ2n) is 6.23. The highest BCUT2D eigenvalue weighted by atomic mass is 16.5. The van der Waals surface area contributed by atoms with Gasteiger partial charge in [0, 0.05) is 19.6 Å². The van der Waals surface area contributed by atoms with E-state index in [9.17, 15) is 4.79 Å². The van der Waals surface area contributed by atoms with Gasteiger partial charge in [0.1, 0.15) is 11.5 Å². The number of piperidine rings is 1. The molecule has 0 bridgehead atoms. The molecule has 2 aliphatic heterocycles. The van der Waals surface area contributed by atoms with E-state index in [1.165, 1.54) is 32.1 Å². The molecule has 0 unspecified atom stereocenters. The van der Waals surface area contributed by atoms with Crippen LogP contribution in [0.15, 0.2) is 12.4 Å². The van der Waals surface area contributed by atoms with E-state index in [0.29, 0.717) is 6.10 Å². The third-order valence-electron chi connectivity index (χ3n) is 4.60. The normalized spacial score (nSPS) is 20.1. The summed E-state index contributed by atoms with van der Waals surface area (Å²) in [6, 6.07) is 0. The molecular formula is C16H25N5O2. The Morgan fingerprint density at radius 2 is 1.96 bits per heavy atom. The van der Waals surface area contributed by atoms with Crippen LogP contribution in [0.3, 0.4) is 0 Å². The molecule has 0 spiro atoms. The topological polar surface area (TPSA) is 84.6 Å². The van der Waals surface area contributed by atoms with Crippen molar-refractivity contribution >= 4 is 11.7 Å². The first-order valence-electron chi connectivity index (χ1n) is 8.43. The number of hydrogen-bond donors (Lipinski definition) is 1. The molecular weight excluding hydrogens is 294 g/mol. The van der Waals surface area contributed by atoms with Gasteiger partial charge in [-0.05, 0) is 38.8 Å². The van der Waals surface area contributed by atoms with Gasteiger partial charge in [-0.25, -0.2) is 4.98 Å². The molecule has 126 valence electrons. The fraction of sp³-hybridized carbons (Fsp3) is 0.688. The lowest BCUT2D eigenvalue weighted by molar-refractivity contribution is 0.0265. The highest BCUT2D eigenvalue weighted by Crippen LogP contribution is 2.19. The van der Waals surface area contributed by atoms with Gasteiger partial charge in [0.15, 0.2) is 0 Å². The standard InChI is InChI=1S/C16H25N5O2/c17-16(22)14-11-18-12-15(19-14)21-7-3-13(4-8-21)23-10-9-20-5-1-2-6-20/h11-13H,1-10H2,(H2,17,22). The summed E-state index contributed by atoms with van der Waals surface area (Å²) in [7, 11) is 0. The van der Waals surface area contributed by atoms with Gasteiger partial charge in [0.05, 0.1) is 25.1 Å². The molecule has 2 N–H and O–H groups in total. The molecule has 0 atom stereocenters. The van der Waals surface area contributed by atoms with E-state index in [4.69, 9.17) is 10.5 Å². The van der Waals surface area contributed by atoms with Gasteiger partial charge < -0.3 is 20.3 Å². The zero-order valence-electron chi connectivity index (χ0n) is 13.5. The summed E-state index contributed by atoms with van der Waals surface area (Å²) < 4.78 is 6.01. The molecule has 0 aliphatic carbocycles. The maximum atomic E-state index is 11.2. The van der Waals surface area contributed by atoms with Crippen molar-refractivity contribution in [2.45, 2.75) is 31.8 Å². The predicted molar refractivity (Wildman–Crippen MR) is 87.4 cm³/mol. The van der Waals surface area contributed by atoms with Crippen LogP contribution in [0.2, 0.25) is 0 Å². The maximum absolute atomic E-state index is 11.2. The first-order chi connectivity index (χ1) is 11.2. The molecule has 3 heterocycles. The molecule has 1 amide bonds. The molecule has 2 aliphatic rings. The third kappa shape index (κ3) is 4.39. The van der Waals surface area contributed by atoms with Crippen LogP contribution in [0.25, 0.3) is 0 Å². The van der Waals surface area contributed by atoms with E-state index < -0.39 is 5.91 Å². The number of primary amides is 1. The molecule has 0 aromatic carbocycles. The van der Waals surface area contributed by atoms with Gasteiger partial charge in [-0.1, -0.05) is 0 Å². The van der Waals surface area contributed by atoms with Crippen molar-refractivity contribution in [3.05, 3.63) is 18.1 Å². The smallest absolute Gasteiger partial charge is 0.268 e. The minimum absolute atomic E-state index is 0.214. The maximum Gasteiger partial charge on any atom is 0.268 e. The Balaban J connectivity index is 1.42. The number of carbonyl (C=O) groups excluding carboxylic acids is 1. The monoisotopic (exact) mass is 319 g/mol. The Labute approximate surface area is 136 Å². The van der Waals surface area contributed by atoms with Crippen LogP contribution in [-0.4, -0.2) is 66.2 Å². The molecule has 0 saturated carbocycles. The summed E-state index contributed by atoms with van der Waals surface area (Å²) in [5, 5.41) is 0. The molecule has 23 heavy (non-hydrogen) atoms. The summed E-state index contributed by atoms with van der Waals surface area (Å²) in [6.07, 6.45) is 8.00. The number of anilines is 1. The third-order valence-corrected chi connectivity index (χ3v) is 4.60. The lowest BCUT2D eigenvalue weighted by atomic mass is 10.1. The Morgan fingerprint density at radius 1 is 1.22 bits per heavy atom. The Hall–Kier alpha value is -1.73. The molecule has 7 nitrogen and oxygen atoms in total. The Bertz CT molecular complexity index is 525. The number of likely N-dealkylation sites (tertiary alicyclic amines) is 1. The SMILES string of the molecule is NC(=O)c1cncc(N2CCC(OCCN3CCCC3)CC2)n1. The number of hydrogen-bond acceptors (Lipinski definition) is 6. The second-order valence-corrected chi connectivity index (χ2v) is 6.23. The summed E-state index contributed by atoms with van der Waals surface area (Å²) in [4.78, 5) is 24.1. The quantitative estimate of drug-likeness (QED) is 0.829. The molecule has 3 rings (SSSR count). The lowest BCUT2D eigenvalue weighted by Gasteiger charge is -2.32. The van der Waals surface area contributed by atoms with E-state index in [1.54, 1.807) is 6.20 Å². The second kappa shape index (κ2) is 7.70. The van der Waals surface area contributed by atoms with E-state index >= 15 is 0 Å². The van der Waals surface area contributed by atoms with Gasteiger partial charge >= 0.3 is 0 Å².